The number of rotatable bonds is 7. The molecule has 2 nitrogen and oxygen atoms in total. The summed E-state index contributed by atoms with van der Waals surface area (Å²) in [5.41, 5.74) is 1.95. The summed E-state index contributed by atoms with van der Waals surface area (Å²) in [4.78, 5) is 11.7. The van der Waals surface area contributed by atoms with Crippen molar-refractivity contribution in [1.29, 1.82) is 0 Å². The second-order valence-electron chi connectivity index (χ2n) is 5.24. The van der Waals surface area contributed by atoms with Gasteiger partial charge in [0.05, 0.1) is 0 Å². The van der Waals surface area contributed by atoms with Crippen LogP contribution in [0.25, 0.3) is 0 Å². The fourth-order valence-corrected chi connectivity index (χ4v) is 2.16. The molecule has 0 aromatic heterocycles. The minimum atomic E-state index is -0.282. The van der Waals surface area contributed by atoms with Crippen molar-refractivity contribution >= 4 is 5.91 Å². The van der Waals surface area contributed by atoms with Crippen molar-refractivity contribution in [1.82, 2.24) is 5.32 Å². The number of nitrogens with one attached hydrogen (secondary N) is 1. The van der Waals surface area contributed by atoms with E-state index in [-0.39, 0.29) is 17.5 Å². The number of halogens is 2. The highest BCUT2D eigenvalue weighted by Gasteiger charge is 2.02. The zero-order chi connectivity index (χ0) is 15.8. The Bertz CT molecular complexity index is 593. The molecule has 0 heterocycles. The molecule has 4 heteroatoms. The maximum absolute atomic E-state index is 12.8. The van der Waals surface area contributed by atoms with Gasteiger partial charge in [0, 0.05) is 13.0 Å². The Kier molecular flexibility index (Phi) is 6.07. The average molecular weight is 303 g/mol. The maximum atomic E-state index is 12.8. The Morgan fingerprint density at radius 3 is 1.95 bits per heavy atom. The summed E-state index contributed by atoms with van der Waals surface area (Å²) in [6.07, 6.45) is 2.97. The van der Waals surface area contributed by atoms with Crippen molar-refractivity contribution in [3.8, 4) is 0 Å². The molecule has 0 aliphatic carbocycles. The van der Waals surface area contributed by atoms with Crippen molar-refractivity contribution in [2.24, 2.45) is 0 Å². The number of unbranched alkanes of at least 4 members (excludes halogenated alkanes) is 1. The molecule has 2 rings (SSSR count). The van der Waals surface area contributed by atoms with Crippen molar-refractivity contribution in [2.75, 3.05) is 0 Å². The molecule has 1 N–H and O–H groups in total. The van der Waals surface area contributed by atoms with Crippen LogP contribution in [0, 0.1) is 11.6 Å². The molecule has 22 heavy (non-hydrogen) atoms. The van der Waals surface area contributed by atoms with Crippen molar-refractivity contribution in [2.45, 2.75) is 32.2 Å². The van der Waals surface area contributed by atoms with Gasteiger partial charge in [0.15, 0.2) is 0 Å². The molecule has 0 aliphatic rings. The highest BCUT2D eigenvalue weighted by Crippen LogP contribution is 2.08. The maximum Gasteiger partial charge on any atom is 0.220 e. The van der Waals surface area contributed by atoms with Gasteiger partial charge in [0.2, 0.25) is 5.91 Å². The van der Waals surface area contributed by atoms with Gasteiger partial charge >= 0.3 is 0 Å². The van der Waals surface area contributed by atoms with E-state index in [0.717, 1.165) is 30.4 Å². The van der Waals surface area contributed by atoms with Crippen LogP contribution >= 0.6 is 0 Å². The second kappa shape index (κ2) is 8.27. The van der Waals surface area contributed by atoms with E-state index >= 15 is 0 Å². The second-order valence-corrected chi connectivity index (χ2v) is 5.24. The Labute approximate surface area is 129 Å². The van der Waals surface area contributed by atoms with Crippen LogP contribution in [0.4, 0.5) is 8.78 Å². The van der Waals surface area contributed by atoms with Crippen LogP contribution in [0.1, 0.15) is 30.4 Å². The molecule has 0 radical (unpaired) electrons. The minimum Gasteiger partial charge on any atom is -0.352 e. The minimum absolute atomic E-state index is 0.0107. The van der Waals surface area contributed by atoms with Crippen LogP contribution in [-0.4, -0.2) is 5.91 Å². The Balaban J connectivity index is 1.61. The van der Waals surface area contributed by atoms with Crippen LogP contribution < -0.4 is 5.32 Å². The molecule has 0 unspecified atom stereocenters. The van der Waals surface area contributed by atoms with Crippen LogP contribution in [-0.2, 0) is 17.8 Å². The Morgan fingerprint density at radius 2 is 1.36 bits per heavy atom. The molecule has 1 amide bonds. The number of hydrogen-bond acceptors (Lipinski definition) is 1. The summed E-state index contributed by atoms with van der Waals surface area (Å²) < 4.78 is 25.5. The van der Waals surface area contributed by atoms with E-state index in [1.54, 1.807) is 24.3 Å². The van der Waals surface area contributed by atoms with E-state index in [1.165, 1.54) is 24.3 Å². The Hall–Kier alpha value is -2.23. The number of carbonyl (C=O) groups excluding carboxylic acids is 1. The predicted octanol–water partition coefficient (Wildman–Crippen LogP) is 3.99. The molecule has 0 saturated heterocycles. The van der Waals surface area contributed by atoms with Gasteiger partial charge in [0.25, 0.3) is 0 Å². The third-order valence-electron chi connectivity index (χ3n) is 3.44. The molecular formula is C18H19F2NO. The summed E-state index contributed by atoms with van der Waals surface area (Å²) in [6.45, 7) is 0.414. The zero-order valence-corrected chi connectivity index (χ0v) is 12.3. The van der Waals surface area contributed by atoms with Gasteiger partial charge in [-0.2, -0.15) is 0 Å². The summed E-state index contributed by atoms with van der Waals surface area (Å²) in [6, 6.07) is 12.5. The first-order chi connectivity index (χ1) is 10.6. The lowest BCUT2D eigenvalue weighted by molar-refractivity contribution is -0.121. The standard InChI is InChI=1S/C18H19F2NO/c19-16-9-5-14(6-10-16)3-1-2-4-18(22)21-13-15-7-11-17(20)12-8-15/h5-12H,1-4,13H2,(H,21,22). The molecule has 2 aromatic carbocycles. The smallest absolute Gasteiger partial charge is 0.220 e. The largest absolute Gasteiger partial charge is 0.352 e. The molecule has 0 saturated carbocycles. The van der Waals surface area contributed by atoms with Crippen LogP contribution in [0.3, 0.4) is 0 Å². The molecule has 0 bridgehead atoms. The average Bonchev–Trinajstić information content (AvgIpc) is 2.53. The summed E-state index contributed by atoms with van der Waals surface area (Å²) in [5, 5.41) is 2.81. The van der Waals surface area contributed by atoms with Gasteiger partial charge < -0.3 is 5.32 Å². The van der Waals surface area contributed by atoms with E-state index in [1.807, 2.05) is 0 Å². The van der Waals surface area contributed by atoms with Crippen LogP contribution in [0.2, 0.25) is 0 Å². The fourth-order valence-electron chi connectivity index (χ4n) is 2.16. The lowest BCUT2D eigenvalue weighted by Gasteiger charge is -2.06. The number of aryl methyl sites for hydroxylation is 1. The summed E-state index contributed by atoms with van der Waals surface area (Å²) >= 11 is 0. The Morgan fingerprint density at radius 1 is 0.818 bits per heavy atom. The highest BCUT2D eigenvalue weighted by molar-refractivity contribution is 5.75. The van der Waals surface area contributed by atoms with E-state index in [9.17, 15) is 13.6 Å². The van der Waals surface area contributed by atoms with Gasteiger partial charge in [-0.1, -0.05) is 24.3 Å². The first-order valence-corrected chi connectivity index (χ1v) is 7.39. The molecule has 0 atom stereocenters. The quantitative estimate of drug-likeness (QED) is 0.770. The molecule has 0 aliphatic heterocycles. The fraction of sp³-hybridized carbons (Fsp3) is 0.278. The molecule has 116 valence electrons. The molecule has 0 spiro atoms. The zero-order valence-electron chi connectivity index (χ0n) is 12.3. The van der Waals surface area contributed by atoms with Gasteiger partial charge in [-0.05, 0) is 54.7 Å². The van der Waals surface area contributed by atoms with Crippen molar-refractivity contribution in [3.05, 3.63) is 71.3 Å². The van der Waals surface area contributed by atoms with Gasteiger partial charge in [0.1, 0.15) is 11.6 Å². The van der Waals surface area contributed by atoms with E-state index in [2.05, 4.69) is 5.32 Å². The monoisotopic (exact) mass is 303 g/mol. The topological polar surface area (TPSA) is 29.1 Å². The SMILES string of the molecule is O=C(CCCCc1ccc(F)cc1)NCc1ccc(F)cc1. The normalized spacial score (nSPS) is 10.5. The lowest BCUT2D eigenvalue weighted by atomic mass is 10.1. The van der Waals surface area contributed by atoms with Crippen molar-refractivity contribution < 1.29 is 13.6 Å². The summed E-state index contributed by atoms with van der Waals surface area (Å²) in [5.74, 6) is -0.525. The van der Waals surface area contributed by atoms with Gasteiger partial charge in [-0.25, -0.2) is 8.78 Å². The first kappa shape index (κ1) is 16.1. The van der Waals surface area contributed by atoms with Crippen molar-refractivity contribution in [3.63, 3.8) is 0 Å². The first-order valence-electron chi connectivity index (χ1n) is 7.39. The van der Waals surface area contributed by atoms with Gasteiger partial charge in [-0.3, -0.25) is 4.79 Å². The number of carbonyl (C=O) groups is 1. The predicted molar refractivity (Wildman–Crippen MR) is 82.2 cm³/mol. The highest BCUT2D eigenvalue weighted by atomic mass is 19.1. The number of amides is 1. The van der Waals surface area contributed by atoms with Crippen LogP contribution in [0.5, 0.6) is 0 Å². The third kappa shape index (κ3) is 5.64. The summed E-state index contributed by atoms with van der Waals surface area (Å²) in [7, 11) is 0. The number of benzene rings is 2. The third-order valence-corrected chi connectivity index (χ3v) is 3.44. The van der Waals surface area contributed by atoms with E-state index in [4.69, 9.17) is 0 Å². The molecular weight excluding hydrogens is 284 g/mol. The van der Waals surface area contributed by atoms with E-state index < -0.39 is 0 Å². The van der Waals surface area contributed by atoms with Gasteiger partial charge in [-0.15, -0.1) is 0 Å². The molecule has 0 fully saturated rings. The van der Waals surface area contributed by atoms with Crippen LogP contribution in [0.15, 0.2) is 48.5 Å². The number of hydrogen-bond donors (Lipinski definition) is 1. The van der Waals surface area contributed by atoms with E-state index in [0.29, 0.717) is 13.0 Å². The lowest BCUT2D eigenvalue weighted by Crippen LogP contribution is -2.22. The molecule has 2 aromatic rings.